The average molecular weight is 420 g/mol. The van der Waals surface area contributed by atoms with Gasteiger partial charge in [-0.25, -0.2) is 0 Å². The van der Waals surface area contributed by atoms with Crippen LogP contribution >= 0.6 is 0 Å². The van der Waals surface area contributed by atoms with Crippen LogP contribution in [0.15, 0.2) is 48.7 Å². The van der Waals surface area contributed by atoms with Crippen molar-refractivity contribution in [2.24, 2.45) is 0 Å². The van der Waals surface area contributed by atoms with E-state index < -0.39 is 0 Å². The summed E-state index contributed by atoms with van der Waals surface area (Å²) in [5.41, 5.74) is 4.64. The van der Waals surface area contributed by atoms with E-state index in [2.05, 4.69) is 52.6 Å². The molecule has 1 atom stereocenters. The number of carbonyl (C=O) groups is 1. The predicted octanol–water partition coefficient (Wildman–Crippen LogP) is 4.47. The number of para-hydroxylation sites is 2. The number of aromatic amines is 1. The van der Waals surface area contributed by atoms with Gasteiger partial charge in [-0.3, -0.25) is 4.79 Å². The molecule has 1 aromatic heterocycles. The van der Waals surface area contributed by atoms with Gasteiger partial charge in [-0.1, -0.05) is 43.3 Å². The lowest BCUT2D eigenvalue weighted by Gasteiger charge is -2.20. The summed E-state index contributed by atoms with van der Waals surface area (Å²) in [5.74, 6) is 0.818. The molecule has 2 heterocycles. The van der Waals surface area contributed by atoms with Crippen molar-refractivity contribution in [3.8, 4) is 5.75 Å². The molecule has 2 N–H and O–H groups in total. The summed E-state index contributed by atoms with van der Waals surface area (Å²) in [4.78, 5) is 18.9. The van der Waals surface area contributed by atoms with Crippen molar-refractivity contribution in [3.05, 3.63) is 65.4 Å². The van der Waals surface area contributed by atoms with Crippen LogP contribution in [0.25, 0.3) is 10.9 Å². The fraction of sp³-hybridized carbons (Fsp3) is 0.423. The molecule has 2 aromatic carbocycles. The number of methoxy groups -OCH3 is 1. The molecule has 1 saturated heterocycles. The fourth-order valence-corrected chi connectivity index (χ4v) is 4.78. The number of fused-ring (bicyclic) bond motifs is 1. The maximum Gasteiger partial charge on any atom is 0.220 e. The molecule has 1 fully saturated rings. The van der Waals surface area contributed by atoms with Crippen molar-refractivity contribution < 1.29 is 9.53 Å². The summed E-state index contributed by atoms with van der Waals surface area (Å²) >= 11 is 0. The van der Waals surface area contributed by atoms with Gasteiger partial charge in [0.1, 0.15) is 5.75 Å². The standard InChI is InChI=1S/C26H33N3O2/c1-3-19-9-8-11-21-23(18-28-26(19)21)22(20-10-4-5-12-24(20)31-2)17-25(30)27-13-16-29-14-6-7-15-29/h4-5,8-12,18,22,28H,3,6-7,13-17H2,1-2H3,(H,27,30)/t22-/m1/s1. The van der Waals surface area contributed by atoms with Gasteiger partial charge in [0.05, 0.1) is 7.11 Å². The molecule has 5 heteroatoms. The van der Waals surface area contributed by atoms with Crippen molar-refractivity contribution >= 4 is 16.8 Å². The van der Waals surface area contributed by atoms with E-state index in [9.17, 15) is 4.79 Å². The van der Waals surface area contributed by atoms with E-state index in [1.54, 1.807) is 7.11 Å². The molecule has 0 spiro atoms. The lowest BCUT2D eigenvalue weighted by Crippen LogP contribution is -2.34. The summed E-state index contributed by atoms with van der Waals surface area (Å²) < 4.78 is 5.66. The number of rotatable bonds is 9. The molecule has 1 aliphatic heterocycles. The number of H-pyrrole nitrogens is 1. The van der Waals surface area contributed by atoms with E-state index in [0.29, 0.717) is 13.0 Å². The van der Waals surface area contributed by atoms with Gasteiger partial charge >= 0.3 is 0 Å². The first-order valence-electron chi connectivity index (χ1n) is 11.4. The maximum atomic E-state index is 13.0. The zero-order valence-corrected chi connectivity index (χ0v) is 18.6. The molecule has 1 aliphatic rings. The minimum absolute atomic E-state index is 0.0797. The Hall–Kier alpha value is -2.79. The number of nitrogens with zero attached hydrogens (tertiary/aromatic N) is 1. The number of benzene rings is 2. The molecule has 0 radical (unpaired) electrons. The number of carbonyl (C=O) groups excluding carboxylic acids is 1. The topological polar surface area (TPSA) is 57.4 Å². The second-order valence-corrected chi connectivity index (χ2v) is 8.33. The lowest BCUT2D eigenvalue weighted by molar-refractivity contribution is -0.121. The molecule has 1 amide bonds. The van der Waals surface area contributed by atoms with Crippen molar-refractivity contribution in [2.75, 3.05) is 33.3 Å². The quantitative estimate of drug-likeness (QED) is 0.538. The van der Waals surface area contributed by atoms with Gasteiger partial charge in [0.15, 0.2) is 0 Å². The number of nitrogens with one attached hydrogen (secondary N) is 2. The first-order chi connectivity index (χ1) is 15.2. The third-order valence-corrected chi connectivity index (χ3v) is 6.44. The first-order valence-corrected chi connectivity index (χ1v) is 11.4. The van der Waals surface area contributed by atoms with Gasteiger partial charge in [0, 0.05) is 48.1 Å². The highest BCUT2D eigenvalue weighted by Gasteiger charge is 2.24. The van der Waals surface area contributed by atoms with Crippen LogP contribution < -0.4 is 10.1 Å². The molecule has 31 heavy (non-hydrogen) atoms. The van der Waals surface area contributed by atoms with Gasteiger partial charge < -0.3 is 19.9 Å². The van der Waals surface area contributed by atoms with E-state index in [4.69, 9.17) is 4.74 Å². The molecule has 0 bridgehead atoms. The molecule has 4 rings (SSSR count). The molecule has 0 saturated carbocycles. The largest absolute Gasteiger partial charge is 0.496 e. The number of hydrogen-bond acceptors (Lipinski definition) is 3. The predicted molar refractivity (Wildman–Crippen MR) is 126 cm³/mol. The monoisotopic (exact) mass is 419 g/mol. The first kappa shape index (κ1) is 21.4. The highest BCUT2D eigenvalue weighted by Crippen LogP contribution is 2.38. The molecule has 0 aliphatic carbocycles. The minimum Gasteiger partial charge on any atom is -0.496 e. The molecule has 0 unspecified atom stereocenters. The van der Waals surface area contributed by atoms with Crippen LogP contribution in [-0.4, -0.2) is 49.1 Å². The van der Waals surface area contributed by atoms with Gasteiger partial charge in [0.2, 0.25) is 5.91 Å². The van der Waals surface area contributed by atoms with Crippen LogP contribution in [-0.2, 0) is 11.2 Å². The number of ether oxygens (including phenoxy) is 1. The summed E-state index contributed by atoms with van der Waals surface area (Å²) in [6.45, 7) is 6.09. The van der Waals surface area contributed by atoms with E-state index in [1.807, 2.05) is 18.2 Å². The lowest BCUT2D eigenvalue weighted by atomic mass is 9.87. The Bertz CT molecular complexity index is 1020. The fourth-order valence-electron chi connectivity index (χ4n) is 4.78. The Labute approximate surface area is 184 Å². The van der Waals surface area contributed by atoms with E-state index in [1.165, 1.54) is 23.8 Å². The summed E-state index contributed by atoms with van der Waals surface area (Å²) in [6.07, 6.45) is 5.96. The number of amides is 1. The van der Waals surface area contributed by atoms with Gasteiger partial charge in [0.25, 0.3) is 0 Å². The van der Waals surface area contributed by atoms with Crippen LogP contribution in [0, 0.1) is 0 Å². The number of aryl methyl sites for hydroxylation is 1. The normalized spacial score (nSPS) is 15.3. The van der Waals surface area contributed by atoms with E-state index in [-0.39, 0.29) is 11.8 Å². The SMILES string of the molecule is CCc1cccc2c([C@H](CC(=O)NCCN3CCCC3)c3ccccc3OC)c[nH]c12. The number of likely N-dealkylation sites (tertiary alicyclic amines) is 1. The van der Waals surface area contributed by atoms with Crippen molar-refractivity contribution in [1.82, 2.24) is 15.2 Å². The maximum absolute atomic E-state index is 13.0. The Balaban J connectivity index is 1.60. The average Bonchev–Trinajstić information content (AvgIpc) is 3.47. The van der Waals surface area contributed by atoms with Crippen LogP contribution in [0.3, 0.4) is 0 Å². The van der Waals surface area contributed by atoms with Crippen LogP contribution in [0.5, 0.6) is 5.75 Å². The van der Waals surface area contributed by atoms with Crippen molar-refractivity contribution in [2.45, 2.75) is 38.5 Å². The van der Waals surface area contributed by atoms with E-state index >= 15 is 0 Å². The third-order valence-electron chi connectivity index (χ3n) is 6.44. The summed E-state index contributed by atoms with van der Waals surface area (Å²) in [5, 5.41) is 4.33. The minimum atomic E-state index is -0.0798. The third kappa shape index (κ3) is 4.77. The van der Waals surface area contributed by atoms with E-state index in [0.717, 1.165) is 48.4 Å². The van der Waals surface area contributed by atoms with Crippen molar-refractivity contribution in [1.29, 1.82) is 0 Å². The highest BCUT2D eigenvalue weighted by molar-refractivity contribution is 5.88. The smallest absolute Gasteiger partial charge is 0.220 e. The zero-order chi connectivity index (χ0) is 21.6. The molecular formula is C26H33N3O2. The Morgan fingerprint density at radius 1 is 1.13 bits per heavy atom. The Kier molecular flexibility index (Phi) is 6.92. The number of hydrogen-bond donors (Lipinski definition) is 2. The van der Waals surface area contributed by atoms with Gasteiger partial charge in [-0.15, -0.1) is 0 Å². The van der Waals surface area contributed by atoms with Crippen LogP contribution in [0.1, 0.15) is 48.8 Å². The Morgan fingerprint density at radius 3 is 2.71 bits per heavy atom. The molecule has 5 nitrogen and oxygen atoms in total. The van der Waals surface area contributed by atoms with Crippen molar-refractivity contribution in [3.63, 3.8) is 0 Å². The molecular weight excluding hydrogens is 386 g/mol. The molecule has 164 valence electrons. The number of aromatic nitrogens is 1. The second-order valence-electron chi connectivity index (χ2n) is 8.33. The second kappa shape index (κ2) is 10.0. The van der Waals surface area contributed by atoms with Crippen LogP contribution in [0.4, 0.5) is 0 Å². The Morgan fingerprint density at radius 2 is 1.94 bits per heavy atom. The highest BCUT2D eigenvalue weighted by atomic mass is 16.5. The van der Waals surface area contributed by atoms with Gasteiger partial charge in [-0.05, 0) is 49.5 Å². The summed E-state index contributed by atoms with van der Waals surface area (Å²) in [7, 11) is 1.69. The van der Waals surface area contributed by atoms with Gasteiger partial charge in [-0.2, -0.15) is 0 Å². The zero-order valence-electron chi connectivity index (χ0n) is 18.6. The summed E-state index contributed by atoms with van der Waals surface area (Å²) in [6, 6.07) is 14.4. The molecule has 3 aromatic rings. The van der Waals surface area contributed by atoms with Crippen LogP contribution in [0.2, 0.25) is 0 Å².